The molecule has 26 heavy (non-hydrogen) atoms. The summed E-state index contributed by atoms with van der Waals surface area (Å²) in [6, 6.07) is 5.21. The summed E-state index contributed by atoms with van der Waals surface area (Å²) in [5.74, 6) is -1.61. The molecule has 0 bridgehead atoms. The van der Waals surface area contributed by atoms with E-state index in [1.165, 1.54) is 28.6 Å². The van der Waals surface area contributed by atoms with E-state index in [4.69, 9.17) is 5.11 Å². The monoisotopic (exact) mass is 403 g/mol. The second kappa shape index (κ2) is 8.06. The molecule has 2 unspecified atom stereocenters. The molecule has 1 aliphatic carbocycles. The highest BCUT2D eigenvalue weighted by Gasteiger charge is 2.35. The molecule has 0 aromatic heterocycles. The van der Waals surface area contributed by atoms with Crippen LogP contribution in [0.25, 0.3) is 0 Å². The Labute approximate surface area is 155 Å². The summed E-state index contributed by atoms with van der Waals surface area (Å²) in [5.41, 5.74) is 0. The van der Waals surface area contributed by atoms with Crippen LogP contribution in [0.1, 0.15) is 39.5 Å². The Hall–Kier alpha value is -1.45. The summed E-state index contributed by atoms with van der Waals surface area (Å²) >= 11 is 0. The van der Waals surface area contributed by atoms with E-state index in [9.17, 15) is 21.6 Å². The first kappa shape index (κ1) is 20.9. The third kappa shape index (κ3) is 4.10. The van der Waals surface area contributed by atoms with E-state index in [1.54, 1.807) is 13.8 Å². The van der Waals surface area contributed by atoms with Gasteiger partial charge in [-0.15, -0.1) is 0 Å². The molecule has 1 N–H and O–H groups in total. The fourth-order valence-electron chi connectivity index (χ4n) is 3.36. The Kier molecular flexibility index (Phi) is 6.46. The molecule has 0 aliphatic heterocycles. The molecule has 9 heteroatoms. The average molecular weight is 404 g/mol. The fraction of sp³-hybridized carbons (Fsp3) is 0.588. The summed E-state index contributed by atoms with van der Waals surface area (Å²) in [4.78, 5) is 11.3. The van der Waals surface area contributed by atoms with Gasteiger partial charge in [0.05, 0.1) is 21.0 Å². The molecule has 0 saturated heterocycles. The second-order valence-corrected chi connectivity index (χ2v) is 10.6. The lowest BCUT2D eigenvalue weighted by atomic mass is 9.89. The number of hydrogen-bond acceptors (Lipinski definition) is 5. The quantitative estimate of drug-likeness (QED) is 0.747. The molecule has 0 amide bonds. The largest absolute Gasteiger partial charge is 0.481 e. The van der Waals surface area contributed by atoms with Crippen molar-refractivity contribution in [2.75, 3.05) is 13.1 Å². The summed E-state index contributed by atoms with van der Waals surface area (Å²) in [7, 11) is -7.34. The minimum absolute atomic E-state index is 0.0343. The molecule has 1 aromatic carbocycles. The van der Waals surface area contributed by atoms with Crippen LogP contribution in [0.4, 0.5) is 0 Å². The Balaban J connectivity index is 2.28. The maximum absolute atomic E-state index is 12.8. The van der Waals surface area contributed by atoms with Gasteiger partial charge in [0.2, 0.25) is 10.0 Å². The van der Waals surface area contributed by atoms with E-state index >= 15 is 0 Å². The predicted octanol–water partition coefficient (Wildman–Crippen LogP) is 2.13. The zero-order valence-corrected chi connectivity index (χ0v) is 16.6. The Morgan fingerprint density at radius 1 is 1.04 bits per heavy atom. The number of sulfone groups is 1. The topological polar surface area (TPSA) is 109 Å². The van der Waals surface area contributed by atoms with Crippen LogP contribution in [0.15, 0.2) is 34.1 Å². The van der Waals surface area contributed by atoms with Crippen molar-refractivity contribution < 1.29 is 26.7 Å². The number of rotatable bonds is 7. The fourth-order valence-corrected chi connectivity index (χ4v) is 6.68. The number of carboxylic acid groups (broad SMARTS) is 1. The molecule has 7 nitrogen and oxygen atoms in total. The number of aliphatic carboxylic acids is 1. The lowest BCUT2D eigenvalue weighted by Gasteiger charge is -2.26. The summed E-state index contributed by atoms with van der Waals surface area (Å²) in [6.07, 6.45) is 1.56. The number of hydrogen-bond donors (Lipinski definition) is 1. The van der Waals surface area contributed by atoms with Crippen LogP contribution in [0.5, 0.6) is 0 Å². The highest BCUT2D eigenvalue weighted by Crippen LogP contribution is 2.32. The maximum Gasteiger partial charge on any atom is 0.306 e. The molecule has 2 atom stereocenters. The number of nitrogens with zero attached hydrogens (tertiary/aromatic N) is 1. The molecule has 1 saturated carbocycles. The standard InChI is InChI=1S/C17H25NO6S2/c1-3-18(4-2)26(23,24)15-10-8-14(9-11-15)25(21,22)16-7-5-6-13(12-16)17(19)20/h8-11,13,16H,3-7,12H2,1-2H3,(H,19,20). The number of carboxylic acids is 1. The minimum atomic E-state index is -3.69. The van der Waals surface area contributed by atoms with Gasteiger partial charge in [0, 0.05) is 13.1 Å². The Morgan fingerprint density at radius 2 is 1.58 bits per heavy atom. The maximum atomic E-state index is 12.8. The molecular weight excluding hydrogens is 378 g/mol. The third-order valence-electron chi connectivity index (χ3n) is 4.91. The first-order valence-corrected chi connectivity index (χ1v) is 11.7. The lowest BCUT2D eigenvalue weighted by molar-refractivity contribution is -0.142. The first-order valence-electron chi connectivity index (χ1n) is 8.71. The van der Waals surface area contributed by atoms with E-state index in [0.717, 1.165) is 0 Å². The molecule has 0 heterocycles. The summed E-state index contributed by atoms with van der Waals surface area (Å²) < 4.78 is 51.9. The van der Waals surface area contributed by atoms with Crippen molar-refractivity contribution in [1.29, 1.82) is 0 Å². The Bertz CT molecular complexity index is 842. The summed E-state index contributed by atoms with van der Waals surface area (Å²) in [6.45, 7) is 4.14. The van der Waals surface area contributed by atoms with Crippen LogP contribution in [0.2, 0.25) is 0 Å². The van der Waals surface area contributed by atoms with Crippen LogP contribution < -0.4 is 0 Å². The zero-order valence-electron chi connectivity index (χ0n) is 15.0. The van der Waals surface area contributed by atoms with E-state index in [0.29, 0.717) is 32.4 Å². The van der Waals surface area contributed by atoms with Gasteiger partial charge in [0.1, 0.15) is 0 Å². The van der Waals surface area contributed by atoms with E-state index in [1.807, 2.05) is 0 Å². The first-order chi connectivity index (χ1) is 12.1. The van der Waals surface area contributed by atoms with Crippen LogP contribution in [0.3, 0.4) is 0 Å². The third-order valence-corrected chi connectivity index (χ3v) is 9.21. The molecule has 1 aromatic rings. The van der Waals surface area contributed by atoms with Gasteiger partial charge in [-0.3, -0.25) is 4.79 Å². The van der Waals surface area contributed by atoms with E-state index < -0.39 is 37.0 Å². The van der Waals surface area contributed by atoms with Gasteiger partial charge in [0.15, 0.2) is 9.84 Å². The van der Waals surface area contributed by atoms with Crippen molar-refractivity contribution in [2.45, 2.75) is 54.6 Å². The number of sulfonamides is 1. The van der Waals surface area contributed by atoms with Gasteiger partial charge < -0.3 is 5.11 Å². The molecule has 1 fully saturated rings. The van der Waals surface area contributed by atoms with Crippen molar-refractivity contribution in [1.82, 2.24) is 4.31 Å². The average Bonchev–Trinajstić information content (AvgIpc) is 2.62. The van der Waals surface area contributed by atoms with Gasteiger partial charge >= 0.3 is 5.97 Å². The highest BCUT2D eigenvalue weighted by atomic mass is 32.2. The molecule has 0 spiro atoms. The second-order valence-electron chi connectivity index (χ2n) is 6.43. The zero-order chi connectivity index (χ0) is 19.5. The van der Waals surface area contributed by atoms with Crippen molar-refractivity contribution in [2.24, 2.45) is 5.92 Å². The van der Waals surface area contributed by atoms with Gasteiger partial charge in [-0.05, 0) is 43.5 Å². The lowest BCUT2D eigenvalue weighted by Crippen LogP contribution is -2.32. The van der Waals surface area contributed by atoms with Gasteiger partial charge in [-0.25, -0.2) is 16.8 Å². The van der Waals surface area contributed by atoms with Gasteiger partial charge in [0.25, 0.3) is 0 Å². The smallest absolute Gasteiger partial charge is 0.306 e. The molecule has 146 valence electrons. The van der Waals surface area contributed by atoms with Crippen molar-refractivity contribution in [3.8, 4) is 0 Å². The molecule has 0 radical (unpaired) electrons. The van der Waals surface area contributed by atoms with Gasteiger partial charge in [-0.1, -0.05) is 20.3 Å². The number of carbonyl (C=O) groups is 1. The van der Waals surface area contributed by atoms with Crippen LogP contribution in [-0.4, -0.2) is 50.6 Å². The van der Waals surface area contributed by atoms with Crippen molar-refractivity contribution in [3.05, 3.63) is 24.3 Å². The van der Waals surface area contributed by atoms with Crippen molar-refractivity contribution >= 4 is 25.8 Å². The van der Waals surface area contributed by atoms with Crippen molar-refractivity contribution in [3.63, 3.8) is 0 Å². The number of benzene rings is 1. The van der Waals surface area contributed by atoms with Gasteiger partial charge in [-0.2, -0.15) is 4.31 Å². The minimum Gasteiger partial charge on any atom is -0.481 e. The van der Waals surface area contributed by atoms with E-state index in [2.05, 4.69) is 0 Å². The van der Waals surface area contributed by atoms with Crippen LogP contribution >= 0.6 is 0 Å². The molecular formula is C17H25NO6S2. The molecule has 1 aliphatic rings. The Morgan fingerprint density at radius 3 is 2.08 bits per heavy atom. The predicted molar refractivity (Wildman–Crippen MR) is 97.1 cm³/mol. The van der Waals surface area contributed by atoms with Crippen LogP contribution in [-0.2, 0) is 24.7 Å². The normalized spacial score (nSPS) is 21.7. The van der Waals surface area contributed by atoms with E-state index in [-0.39, 0.29) is 16.2 Å². The molecule has 2 rings (SSSR count). The highest BCUT2D eigenvalue weighted by molar-refractivity contribution is 7.92. The van der Waals surface area contributed by atoms with Crippen LogP contribution in [0, 0.1) is 5.92 Å². The summed E-state index contributed by atoms with van der Waals surface area (Å²) in [5, 5.41) is 8.40. The SMILES string of the molecule is CCN(CC)S(=O)(=O)c1ccc(S(=O)(=O)C2CCCC(C(=O)O)C2)cc1.